The Kier molecular flexibility index (Phi) is 4.56. The summed E-state index contributed by atoms with van der Waals surface area (Å²) in [5.41, 5.74) is 8.14. The molecule has 3 heteroatoms. The van der Waals surface area contributed by atoms with Gasteiger partial charge in [0.1, 0.15) is 5.75 Å². The van der Waals surface area contributed by atoms with Crippen LogP contribution in [0.1, 0.15) is 46.0 Å². The van der Waals surface area contributed by atoms with Crippen LogP contribution < -0.4 is 15.4 Å². The average molecular weight is 262 g/mol. The number of nitrogens with zero attached hydrogens (tertiary/aromatic N) is 1. The predicted octanol–water partition coefficient (Wildman–Crippen LogP) is 3.82. The van der Waals surface area contributed by atoms with Crippen LogP contribution >= 0.6 is 0 Å². The van der Waals surface area contributed by atoms with Gasteiger partial charge in [0.05, 0.1) is 17.5 Å². The molecule has 1 aromatic carbocycles. The van der Waals surface area contributed by atoms with Crippen molar-refractivity contribution in [3.63, 3.8) is 0 Å². The highest BCUT2D eigenvalue weighted by molar-refractivity contribution is 5.74. The van der Waals surface area contributed by atoms with Crippen LogP contribution in [0, 0.1) is 0 Å². The summed E-state index contributed by atoms with van der Waals surface area (Å²) in [6.07, 6.45) is 6.72. The van der Waals surface area contributed by atoms with Crippen LogP contribution in [0.2, 0.25) is 0 Å². The smallest absolute Gasteiger partial charge is 0.144 e. The summed E-state index contributed by atoms with van der Waals surface area (Å²) in [5.74, 6) is 0.801. The minimum atomic E-state index is 0.150. The third-order valence-corrected chi connectivity index (χ3v) is 3.91. The van der Waals surface area contributed by atoms with Gasteiger partial charge in [-0.15, -0.1) is 0 Å². The van der Waals surface area contributed by atoms with Gasteiger partial charge in [-0.3, -0.25) is 0 Å². The zero-order valence-electron chi connectivity index (χ0n) is 12.4. The van der Waals surface area contributed by atoms with Crippen LogP contribution in [0.3, 0.4) is 0 Å². The van der Waals surface area contributed by atoms with E-state index in [1.54, 1.807) is 0 Å². The van der Waals surface area contributed by atoms with Crippen LogP contribution in [0.4, 0.5) is 11.4 Å². The Morgan fingerprint density at radius 1 is 1.21 bits per heavy atom. The predicted molar refractivity (Wildman–Crippen MR) is 81.9 cm³/mol. The molecule has 0 spiro atoms. The molecule has 0 aliphatic heterocycles. The van der Waals surface area contributed by atoms with Gasteiger partial charge in [-0.2, -0.15) is 0 Å². The second-order valence-corrected chi connectivity index (χ2v) is 5.76. The maximum Gasteiger partial charge on any atom is 0.144 e. The first-order valence-electron chi connectivity index (χ1n) is 7.37. The normalized spacial score (nSPS) is 16.6. The Bertz CT molecular complexity index is 411. The van der Waals surface area contributed by atoms with Gasteiger partial charge in [-0.25, -0.2) is 0 Å². The Morgan fingerprint density at radius 2 is 1.89 bits per heavy atom. The topological polar surface area (TPSA) is 38.5 Å². The second-order valence-electron chi connectivity index (χ2n) is 5.76. The van der Waals surface area contributed by atoms with Crippen molar-refractivity contribution < 1.29 is 4.74 Å². The fraction of sp³-hybridized carbons (Fsp3) is 0.625. The third kappa shape index (κ3) is 3.34. The molecule has 0 radical (unpaired) electrons. The van der Waals surface area contributed by atoms with E-state index in [2.05, 4.69) is 18.0 Å². The minimum Gasteiger partial charge on any atom is -0.489 e. The molecule has 0 bridgehead atoms. The first-order valence-corrected chi connectivity index (χ1v) is 7.37. The third-order valence-electron chi connectivity index (χ3n) is 3.91. The summed E-state index contributed by atoms with van der Waals surface area (Å²) in [6, 6.07) is 6.69. The molecule has 1 fully saturated rings. The number of nitrogen functional groups attached to an aromatic ring is 1. The number of ether oxygens (including phenoxy) is 1. The number of nitrogens with two attached hydrogens (primary N) is 1. The molecular formula is C16H26N2O. The molecule has 1 aromatic rings. The van der Waals surface area contributed by atoms with E-state index in [1.807, 2.05) is 26.0 Å². The molecule has 0 saturated heterocycles. The minimum absolute atomic E-state index is 0.150. The molecular weight excluding hydrogens is 236 g/mol. The zero-order chi connectivity index (χ0) is 13.8. The standard InChI is InChI=1S/C16H26N2O/c1-12(2)19-15-11-7-10-14(16(15)17)18(3)13-8-5-4-6-9-13/h7,10-13H,4-6,8-9,17H2,1-3H3. The van der Waals surface area contributed by atoms with Gasteiger partial charge in [0.25, 0.3) is 0 Å². The van der Waals surface area contributed by atoms with E-state index >= 15 is 0 Å². The van der Waals surface area contributed by atoms with E-state index < -0.39 is 0 Å². The largest absolute Gasteiger partial charge is 0.489 e. The van der Waals surface area contributed by atoms with Gasteiger partial charge in [-0.05, 0) is 38.8 Å². The van der Waals surface area contributed by atoms with Gasteiger partial charge in [-0.1, -0.05) is 25.3 Å². The number of rotatable bonds is 4. The van der Waals surface area contributed by atoms with Gasteiger partial charge >= 0.3 is 0 Å². The monoisotopic (exact) mass is 262 g/mol. The summed E-state index contributed by atoms with van der Waals surface area (Å²) in [5, 5.41) is 0. The molecule has 2 N–H and O–H groups in total. The highest BCUT2D eigenvalue weighted by atomic mass is 16.5. The highest BCUT2D eigenvalue weighted by Crippen LogP contribution is 2.35. The molecule has 0 atom stereocenters. The Balaban J connectivity index is 2.18. The van der Waals surface area contributed by atoms with Crippen LogP contribution in [0.15, 0.2) is 18.2 Å². The average Bonchev–Trinajstić information content (AvgIpc) is 2.41. The Hall–Kier alpha value is -1.38. The number of hydrogen-bond donors (Lipinski definition) is 1. The SMILES string of the molecule is CC(C)Oc1cccc(N(C)C2CCCCC2)c1N. The molecule has 19 heavy (non-hydrogen) atoms. The lowest BCUT2D eigenvalue weighted by Crippen LogP contribution is -2.33. The lowest BCUT2D eigenvalue weighted by Gasteiger charge is -2.34. The molecule has 0 aromatic heterocycles. The van der Waals surface area contributed by atoms with Crippen molar-refractivity contribution in [1.82, 2.24) is 0 Å². The van der Waals surface area contributed by atoms with Crippen LogP contribution in [0.5, 0.6) is 5.75 Å². The lowest BCUT2D eigenvalue weighted by molar-refractivity contribution is 0.244. The van der Waals surface area contributed by atoms with Crippen molar-refractivity contribution in [3.8, 4) is 5.75 Å². The maximum atomic E-state index is 6.27. The molecule has 1 saturated carbocycles. The number of anilines is 2. The van der Waals surface area contributed by atoms with Crippen molar-refractivity contribution in [2.75, 3.05) is 17.7 Å². The Morgan fingerprint density at radius 3 is 2.53 bits per heavy atom. The molecule has 106 valence electrons. The summed E-state index contributed by atoms with van der Waals surface area (Å²) >= 11 is 0. The van der Waals surface area contributed by atoms with E-state index in [0.717, 1.165) is 17.1 Å². The van der Waals surface area contributed by atoms with Gasteiger partial charge in [0.2, 0.25) is 0 Å². The van der Waals surface area contributed by atoms with Crippen molar-refractivity contribution >= 4 is 11.4 Å². The van der Waals surface area contributed by atoms with Crippen molar-refractivity contribution in [2.45, 2.75) is 58.1 Å². The second kappa shape index (κ2) is 6.18. The van der Waals surface area contributed by atoms with Crippen molar-refractivity contribution in [1.29, 1.82) is 0 Å². The van der Waals surface area contributed by atoms with Crippen LogP contribution in [-0.2, 0) is 0 Å². The van der Waals surface area contributed by atoms with Gasteiger partial charge < -0.3 is 15.4 Å². The number of benzene rings is 1. The molecule has 2 rings (SSSR count). The van der Waals surface area contributed by atoms with E-state index in [4.69, 9.17) is 10.5 Å². The highest BCUT2D eigenvalue weighted by Gasteiger charge is 2.20. The zero-order valence-corrected chi connectivity index (χ0v) is 12.4. The number of para-hydroxylation sites is 1. The molecule has 1 aliphatic carbocycles. The summed E-state index contributed by atoms with van der Waals surface area (Å²) in [4.78, 5) is 2.34. The molecule has 0 unspecified atom stereocenters. The fourth-order valence-electron chi connectivity index (χ4n) is 2.86. The summed E-state index contributed by atoms with van der Waals surface area (Å²) in [6.45, 7) is 4.05. The molecule has 3 nitrogen and oxygen atoms in total. The summed E-state index contributed by atoms with van der Waals surface area (Å²) < 4.78 is 5.77. The fourth-order valence-corrected chi connectivity index (χ4v) is 2.86. The molecule has 0 heterocycles. The van der Waals surface area contributed by atoms with Crippen LogP contribution in [0.25, 0.3) is 0 Å². The quantitative estimate of drug-likeness (QED) is 0.838. The lowest BCUT2D eigenvalue weighted by atomic mass is 9.94. The first kappa shape index (κ1) is 14.0. The van der Waals surface area contributed by atoms with Gasteiger partial charge in [0, 0.05) is 13.1 Å². The van der Waals surface area contributed by atoms with E-state index in [-0.39, 0.29) is 6.10 Å². The Labute approximate surface area is 116 Å². The van der Waals surface area contributed by atoms with Crippen LogP contribution in [-0.4, -0.2) is 19.2 Å². The first-order chi connectivity index (χ1) is 9.09. The van der Waals surface area contributed by atoms with E-state index in [0.29, 0.717) is 6.04 Å². The molecule has 1 aliphatic rings. The molecule has 0 amide bonds. The van der Waals surface area contributed by atoms with E-state index in [1.165, 1.54) is 32.1 Å². The van der Waals surface area contributed by atoms with E-state index in [9.17, 15) is 0 Å². The van der Waals surface area contributed by atoms with Gasteiger partial charge in [0.15, 0.2) is 0 Å². The van der Waals surface area contributed by atoms with Crippen molar-refractivity contribution in [3.05, 3.63) is 18.2 Å². The summed E-state index contributed by atoms with van der Waals surface area (Å²) in [7, 11) is 2.15. The van der Waals surface area contributed by atoms with Crippen molar-refractivity contribution in [2.24, 2.45) is 0 Å². The number of hydrogen-bond acceptors (Lipinski definition) is 3. The maximum absolute atomic E-state index is 6.27.